The number of imidazole rings is 1. The molecule has 0 aromatic carbocycles. The summed E-state index contributed by atoms with van der Waals surface area (Å²) >= 11 is 3.30. The van der Waals surface area contributed by atoms with Crippen LogP contribution in [0.5, 0.6) is 0 Å². The van der Waals surface area contributed by atoms with Crippen LogP contribution >= 0.6 is 15.9 Å². The summed E-state index contributed by atoms with van der Waals surface area (Å²) in [4.78, 5) is 18.0. The van der Waals surface area contributed by atoms with Crippen molar-refractivity contribution in [3.8, 4) is 0 Å². The number of aromatic amines is 1. The molecule has 0 radical (unpaired) electrons. The Morgan fingerprint density at radius 3 is 3.08 bits per heavy atom. The van der Waals surface area contributed by atoms with E-state index in [1.54, 1.807) is 24.1 Å². The van der Waals surface area contributed by atoms with Crippen molar-refractivity contribution in [1.82, 2.24) is 14.5 Å². The van der Waals surface area contributed by atoms with E-state index in [1.807, 2.05) is 0 Å². The molecule has 0 bridgehead atoms. The third-order valence-electron chi connectivity index (χ3n) is 1.71. The summed E-state index contributed by atoms with van der Waals surface area (Å²) in [6.07, 6.45) is 3.21. The van der Waals surface area contributed by atoms with Crippen molar-refractivity contribution in [2.24, 2.45) is 7.05 Å². The molecule has 0 atom stereocenters. The number of pyridine rings is 1. The molecule has 0 amide bonds. The van der Waals surface area contributed by atoms with Crippen molar-refractivity contribution in [1.29, 1.82) is 0 Å². The number of rotatable bonds is 0. The summed E-state index contributed by atoms with van der Waals surface area (Å²) in [7, 11) is 1.79. The highest BCUT2D eigenvalue weighted by Crippen LogP contribution is 2.16. The maximum atomic E-state index is 11.3. The van der Waals surface area contributed by atoms with Crippen LogP contribution in [0.1, 0.15) is 0 Å². The van der Waals surface area contributed by atoms with Crippen LogP contribution < -0.4 is 5.56 Å². The molecule has 0 spiro atoms. The molecule has 12 heavy (non-hydrogen) atoms. The van der Waals surface area contributed by atoms with Gasteiger partial charge in [0.2, 0.25) is 0 Å². The maximum absolute atomic E-state index is 11.3. The molecule has 2 rings (SSSR count). The smallest absolute Gasteiger partial charge is 0.274 e. The molecule has 0 unspecified atom stereocenters. The van der Waals surface area contributed by atoms with Gasteiger partial charge in [0, 0.05) is 13.2 Å². The number of aromatic nitrogens is 3. The molecule has 2 aromatic heterocycles. The van der Waals surface area contributed by atoms with Gasteiger partial charge in [0.25, 0.3) is 5.56 Å². The van der Waals surface area contributed by atoms with Crippen LogP contribution in [0.4, 0.5) is 0 Å². The Labute approximate surface area is 76.4 Å². The van der Waals surface area contributed by atoms with E-state index in [2.05, 4.69) is 25.9 Å². The third-order valence-corrected chi connectivity index (χ3v) is 2.31. The van der Waals surface area contributed by atoms with E-state index in [0.29, 0.717) is 11.0 Å². The van der Waals surface area contributed by atoms with Crippen LogP contribution in [0.3, 0.4) is 0 Å². The van der Waals surface area contributed by atoms with Gasteiger partial charge < -0.3 is 9.55 Å². The molecular weight excluding hydrogens is 222 g/mol. The Hall–Kier alpha value is -1.10. The first-order valence-corrected chi connectivity index (χ1v) is 4.17. The van der Waals surface area contributed by atoms with Gasteiger partial charge in [0.15, 0.2) is 0 Å². The van der Waals surface area contributed by atoms with Crippen molar-refractivity contribution < 1.29 is 0 Å². The van der Waals surface area contributed by atoms with Gasteiger partial charge in [0.05, 0.1) is 10.8 Å². The molecule has 0 aliphatic carbocycles. The first-order chi connectivity index (χ1) is 5.70. The van der Waals surface area contributed by atoms with E-state index < -0.39 is 0 Å². The lowest BCUT2D eigenvalue weighted by Crippen LogP contribution is -2.08. The van der Waals surface area contributed by atoms with E-state index in [9.17, 15) is 4.79 Å². The molecule has 0 saturated heterocycles. The number of H-pyrrole nitrogens is 1. The Kier molecular flexibility index (Phi) is 1.54. The highest BCUT2D eigenvalue weighted by atomic mass is 79.9. The van der Waals surface area contributed by atoms with E-state index in [4.69, 9.17) is 0 Å². The largest absolute Gasteiger partial charge is 0.329 e. The Balaban J connectivity index is 3.09. The second-order valence-electron chi connectivity index (χ2n) is 2.52. The van der Waals surface area contributed by atoms with E-state index in [0.717, 1.165) is 4.47 Å². The molecule has 0 fully saturated rings. The average Bonchev–Trinajstić information content (AvgIpc) is 2.42. The number of hydrogen-bond donors (Lipinski definition) is 1. The molecular formula is C7H6BrN3O. The van der Waals surface area contributed by atoms with Gasteiger partial charge in [-0.2, -0.15) is 0 Å². The number of hydrogen-bond acceptors (Lipinski definition) is 2. The van der Waals surface area contributed by atoms with E-state index in [1.165, 1.54) is 0 Å². The van der Waals surface area contributed by atoms with Crippen LogP contribution in [0.15, 0.2) is 21.8 Å². The molecule has 0 saturated carbocycles. The van der Waals surface area contributed by atoms with Crippen molar-refractivity contribution in [2.75, 3.05) is 0 Å². The first kappa shape index (κ1) is 7.54. The Morgan fingerprint density at radius 1 is 1.67 bits per heavy atom. The molecule has 1 N–H and O–H groups in total. The summed E-state index contributed by atoms with van der Waals surface area (Å²) in [6, 6.07) is 0. The Morgan fingerprint density at radius 2 is 2.42 bits per heavy atom. The highest BCUT2D eigenvalue weighted by molar-refractivity contribution is 9.10. The number of nitrogens with zero attached hydrogens (tertiary/aromatic N) is 2. The molecule has 5 heteroatoms. The minimum atomic E-state index is -0.117. The molecule has 2 aromatic rings. The molecule has 4 nitrogen and oxygen atoms in total. The van der Waals surface area contributed by atoms with Crippen LogP contribution in [-0.4, -0.2) is 14.5 Å². The second-order valence-corrected chi connectivity index (χ2v) is 3.37. The number of halogens is 1. The fourth-order valence-corrected chi connectivity index (χ4v) is 1.54. The van der Waals surface area contributed by atoms with Gasteiger partial charge >= 0.3 is 0 Å². The SMILES string of the molecule is Cn1cnc2c(Br)c[nH]c(=O)c21. The normalized spacial score (nSPS) is 10.8. The minimum absolute atomic E-state index is 0.117. The van der Waals surface area contributed by atoms with Gasteiger partial charge in [-0.25, -0.2) is 4.98 Å². The highest BCUT2D eigenvalue weighted by Gasteiger charge is 2.06. The summed E-state index contributed by atoms with van der Waals surface area (Å²) in [5, 5.41) is 0. The average molecular weight is 228 g/mol. The molecule has 0 aliphatic rings. The lowest BCUT2D eigenvalue weighted by atomic mass is 10.4. The number of aryl methyl sites for hydroxylation is 1. The third kappa shape index (κ3) is 0.896. The molecule has 62 valence electrons. The van der Waals surface area contributed by atoms with Gasteiger partial charge in [-0.15, -0.1) is 0 Å². The summed E-state index contributed by atoms with van der Waals surface area (Å²) < 4.78 is 2.50. The van der Waals surface area contributed by atoms with E-state index >= 15 is 0 Å². The van der Waals surface area contributed by atoms with Gasteiger partial charge in [-0.05, 0) is 15.9 Å². The Bertz CT molecular complexity index is 485. The predicted octanol–water partition coefficient (Wildman–Crippen LogP) is 1.02. The lowest BCUT2D eigenvalue weighted by molar-refractivity contribution is 0.939. The summed E-state index contributed by atoms with van der Waals surface area (Å²) in [5.41, 5.74) is 1.17. The van der Waals surface area contributed by atoms with Gasteiger partial charge in [-0.1, -0.05) is 0 Å². The van der Waals surface area contributed by atoms with E-state index in [-0.39, 0.29) is 5.56 Å². The van der Waals surface area contributed by atoms with Crippen LogP contribution in [0.2, 0.25) is 0 Å². The zero-order chi connectivity index (χ0) is 8.72. The van der Waals surface area contributed by atoms with Crippen LogP contribution in [0, 0.1) is 0 Å². The van der Waals surface area contributed by atoms with Crippen molar-refractivity contribution in [3.05, 3.63) is 27.4 Å². The number of nitrogens with one attached hydrogen (secondary N) is 1. The van der Waals surface area contributed by atoms with Crippen LogP contribution in [-0.2, 0) is 7.05 Å². The summed E-state index contributed by atoms with van der Waals surface area (Å²) in [5.74, 6) is 0. The zero-order valence-electron chi connectivity index (χ0n) is 6.34. The fraction of sp³-hybridized carbons (Fsp3) is 0.143. The maximum Gasteiger partial charge on any atom is 0.274 e. The topological polar surface area (TPSA) is 50.7 Å². The molecule has 0 aliphatic heterocycles. The fourth-order valence-electron chi connectivity index (χ4n) is 1.14. The van der Waals surface area contributed by atoms with Crippen molar-refractivity contribution in [2.45, 2.75) is 0 Å². The van der Waals surface area contributed by atoms with Crippen molar-refractivity contribution >= 4 is 27.0 Å². The van der Waals surface area contributed by atoms with Gasteiger partial charge in [-0.3, -0.25) is 4.79 Å². The van der Waals surface area contributed by atoms with Crippen LogP contribution in [0.25, 0.3) is 11.0 Å². The number of fused-ring (bicyclic) bond motifs is 1. The second kappa shape index (κ2) is 2.45. The molecule has 2 heterocycles. The van der Waals surface area contributed by atoms with Crippen molar-refractivity contribution in [3.63, 3.8) is 0 Å². The zero-order valence-corrected chi connectivity index (χ0v) is 7.92. The minimum Gasteiger partial charge on any atom is -0.329 e. The lowest BCUT2D eigenvalue weighted by Gasteiger charge is -1.93. The monoisotopic (exact) mass is 227 g/mol. The predicted molar refractivity (Wildman–Crippen MR) is 49.0 cm³/mol. The van der Waals surface area contributed by atoms with Gasteiger partial charge in [0.1, 0.15) is 11.0 Å². The summed E-state index contributed by atoms with van der Waals surface area (Å²) in [6.45, 7) is 0. The quantitative estimate of drug-likeness (QED) is 0.731. The standard InChI is InChI=1S/C7H6BrN3O/c1-11-3-10-5-4(8)2-9-7(12)6(5)11/h2-3H,1H3,(H,9,12). The first-order valence-electron chi connectivity index (χ1n) is 3.38.